The van der Waals surface area contributed by atoms with E-state index in [0.717, 1.165) is 21.7 Å². The average molecular weight is 313 g/mol. The summed E-state index contributed by atoms with van der Waals surface area (Å²) < 4.78 is 15.7. The van der Waals surface area contributed by atoms with Crippen molar-refractivity contribution < 1.29 is 4.55 Å². The second-order valence-electron chi connectivity index (χ2n) is 4.88. The molecule has 0 saturated carbocycles. The SMILES string of the molecule is Cc1cc([S+]([O-])Cc2cc(=O)n(C)n2C)c(C)cc1Cl. The molecule has 0 aliphatic carbocycles. The zero-order valence-corrected chi connectivity index (χ0v) is 13.5. The number of hydrogen-bond donors (Lipinski definition) is 0. The molecular weight excluding hydrogens is 296 g/mol. The van der Waals surface area contributed by atoms with Crippen molar-refractivity contribution in [3.8, 4) is 0 Å². The molecule has 0 N–H and O–H groups in total. The smallest absolute Gasteiger partial charge is 0.266 e. The van der Waals surface area contributed by atoms with Gasteiger partial charge in [-0.2, -0.15) is 0 Å². The minimum atomic E-state index is -1.20. The van der Waals surface area contributed by atoms with Crippen LogP contribution in [0.3, 0.4) is 0 Å². The van der Waals surface area contributed by atoms with Gasteiger partial charge >= 0.3 is 0 Å². The number of aryl methyl sites for hydroxylation is 2. The maximum atomic E-state index is 12.5. The van der Waals surface area contributed by atoms with Crippen molar-refractivity contribution in [1.82, 2.24) is 9.36 Å². The number of benzene rings is 1. The van der Waals surface area contributed by atoms with Crippen molar-refractivity contribution in [3.05, 3.63) is 50.4 Å². The predicted octanol–water partition coefficient (Wildman–Crippen LogP) is 2.30. The number of halogens is 1. The Kier molecular flexibility index (Phi) is 4.32. The van der Waals surface area contributed by atoms with E-state index in [0.29, 0.717) is 10.8 Å². The van der Waals surface area contributed by atoms with Crippen molar-refractivity contribution in [2.24, 2.45) is 14.1 Å². The van der Waals surface area contributed by atoms with E-state index >= 15 is 0 Å². The molecule has 108 valence electrons. The van der Waals surface area contributed by atoms with E-state index in [1.165, 1.54) is 10.7 Å². The lowest BCUT2D eigenvalue weighted by Gasteiger charge is -2.14. The summed E-state index contributed by atoms with van der Waals surface area (Å²) in [6.07, 6.45) is 0. The molecule has 0 aliphatic rings. The first-order valence-electron chi connectivity index (χ1n) is 6.18. The van der Waals surface area contributed by atoms with Gasteiger partial charge in [0.2, 0.25) is 0 Å². The Labute approximate surface area is 126 Å². The van der Waals surface area contributed by atoms with E-state index in [-0.39, 0.29) is 5.56 Å². The lowest BCUT2D eigenvalue weighted by Crippen LogP contribution is -2.17. The summed E-state index contributed by atoms with van der Waals surface area (Å²) in [4.78, 5) is 12.3. The molecule has 1 aromatic carbocycles. The van der Waals surface area contributed by atoms with Gasteiger partial charge < -0.3 is 4.55 Å². The number of nitrogens with zero attached hydrogens (tertiary/aromatic N) is 2. The average Bonchev–Trinajstić information content (AvgIpc) is 2.61. The minimum Gasteiger partial charge on any atom is -0.611 e. The van der Waals surface area contributed by atoms with Crippen molar-refractivity contribution in [2.45, 2.75) is 24.5 Å². The van der Waals surface area contributed by atoms with Gasteiger partial charge in [0.05, 0.1) is 5.69 Å². The third-order valence-electron chi connectivity index (χ3n) is 3.46. The molecule has 0 bridgehead atoms. The Morgan fingerprint density at radius 1 is 1.15 bits per heavy atom. The fraction of sp³-hybridized carbons (Fsp3) is 0.357. The third kappa shape index (κ3) is 2.80. The van der Waals surface area contributed by atoms with Crippen molar-refractivity contribution in [1.29, 1.82) is 0 Å². The summed E-state index contributed by atoms with van der Waals surface area (Å²) in [7, 11) is 3.47. The molecule has 0 radical (unpaired) electrons. The molecule has 0 aliphatic heterocycles. The Morgan fingerprint density at radius 3 is 2.35 bits per heavy atom. The molecule has 0 amide bonds. The molecular formula is C14H17ClN2O2S. The molecule has 1 atom stereocenters. The topological polar surface area (TPSA) is 50.0 Å². The summed E-state index contributed by atoms with van der Waals surface area (Å²) in [6.45, 7) is 3.78. The van der Waals surface area contributed by atoms with Crippen LogP contribution in [-0.2, 0) is 31.0 Å². The van der Waals surface area contributed by atoms with Crippen LogP contribution in [0.15, 0.2) is 27.9 Å². The molecule has 0 spiro atoms. The maximum absolute atomic E-state index is 12.5. The Bertz CT molecular complexity index is 706. The first kappa shape index (κ1) is 15.2. The molecule has 1 aromatic heterocycles. The molecule has 6 heteroatoms. The number of hydrogen-bond acceptors (Lipinski definition) is 2. The van der Waals surface area contributed by atoms with Gasteiger partial charge in [-0.15, -0.1) is 0 Å². The van der Waals surface area contributed by atoms with Gasteiger partial charge in [-0.3, -0.25) is 14.2 Å². The monoisotopic (exact) mass is 312 g/mol. The summed E-state index contributed by atoms with van der Waals surface area (Å²) in [5.41, 5.74) is 2.47. The van der Waals surface area contributed by atoms with E-state index in [1.807, 2.05) is 26.0 Å². The highest BCUT2D eigenvalue weighted by Crippen LogP contribution is 2.26. The van der Waals surface area contributed by atoms with Crippen LogP contribution in [0.5, 0.6) is 0 Å². The summed E-state index contributed by atoms with van der Waals surface area (Å²) in [5.74, 6) is 0.314. The van der Waals surface area contributed by atoms with Crippen LogP contribution in [0.25, 0.3) is 0 Å². The van der Waals surface area contributed by atoms with Gasteiger partial charge in [0.25, 0.3) is 5.56 Å². The Balaban J connectivity index is 2.33. The third-order valence-corrected chi connectivity index (χ3v) is 5.35. The first-order valence-corrected chi connectivity index (χ1v) is 7.88. The van der Waals surface area contributed by atoms with Gasteiger partial charge in [0, 0.05) is 30.7 Å². The molecule has 2 rings (SSSR count). The van der Waals surface area contributed by atoms with Gasteiger partial charge in [0.15, 0.2) is 10.6 Å². The second kappa shape index (κ2) is 5.68. The Hall–Kier alpha value is -1.17. The summed E-state index contributed by atoms with van der Waals surface area (Å²) in [6, 6.07) is 5.21. The quantitative estimate of drug-likeness (QED) is 0.817. The fourth-order valence-corrected chi connectivity index (χ4v) is 3.66. The van der Waals surface area contributed by atoms with Crippen molar-refractivity contribution >= 4 is 22.8 Å². The first-order chi connectivity index (χ1) is 9.31. The zero-order valence-electron chi connectivity index (χ0n) is 11.9. The fourth-order valence-electron chi connectivity index (χ4n) is 2.02. The van der Waals surface area contributed by atoms with E-state index in [9.17, 15) is 9.35 Å². The van der Waals surface area contributed by atoms with Crippen molar-refractivity contribution in [2.75, 3.05) is 0 Å². The zero-order chi connectivity index (χ0) is 15.0. The molecule has 1 heterocycles. The highest BCUT2D eigenvalue weighted by Gasteiger charge is 2.19. The van der Waals surface area contributed by atoms with Gasteiger partial charge in [-0.25, -0.2) is 0 Å². The van der Waals surface area contributed by atoms with E-state index < -0.39 is 11.2 Å². The van der Waals surface area contributed by atoms with Gasteiger partial charge in [-0.1, -0.05) is 11.6 Å². The largest absolute Gasteiger partial charge is 0.611 e. The van der Waals surface area contributed by atoms with Crippen molar-refractivity contribution in [3.63, 3.8) is 0 Å². The predicted molar refractivity (Wildman–Crippen MR) is 81.7 cm³/mol. The van der Waals surface area contributed by atoms with E-state index in [1.54, 1.807) is 18.8 Å². The number of aromatic nitrogens is 2. The highest BCUT2D eigenvalue weighted by atomic mass is 35.5. The number of rotatable bonds is 3. The van der Waals surface area contributed by atoms with Crippen LogP contribution in [0, 0.1) is 13.8 Å². The van der Waals surface area contributed by atoms with Crippen LogP contribution in [0.4, 0.5) is 0 Å². The van der Waals surface area contributed by atoms with E-state index in [2.05, 4.69) is 0 Å². The summed E-state index contributed by atoms with van der Waals surface area (Å²) in [5, 5.41) is 0.676. The minimum absolute atomic E-state index is 0.0940. The molecule has 1 unspecified atom stereocenters. The van der Waals surface area contributed by atoms with Crippen LogP contribution in [0.1, 0.15) is 16.8 Å². The van der Waals surface area contributed by atoms with Crippen LogP contribution in [-0.4, -0.2) is 13.9 Å². The lowest BCUT2D eigenvalue weighted by atomic mass is 10.2. The highest BCUT2D eigenvalue weighted by molar-refractivity contribution is 7.90. The molecule has 4 nitrogen and oxygen atoms in total. The van der Waals surface area contributed by atoms with E-state index in [4.69, 9.17) is 11.6 Å². The molecule has 20 heavy (non-hydrogen) atoms. The van der Waals surface area contributed by atoms with Gasteiger partial charge in [0.1, 0.15) is 0 Å². The van der Waals surface area contributed by atoms with Gasteiger partial charge in [-0.05, 0) is 42.7 Å². The summed E-state index contributed by atoms with van der Waals surface area (Å²) >= 11 is 4.85. The van der Waals surface area contributed by atoms with Crippen LogP contribution in [0.2, 0.25) is 5.02 Å². The molecule has 0 fully saturated rings. The standard InChI is InChI=1S/C14H17ClN2O2S/c1-9-6-13(10(2)5-12(9)15)20(19)8-11-7-14(18)17(4)16(11)3/h5-7H,8H2,1-4H3. The maximum Gasteiger partial charge on any atom is 0.266 e. The second-order valence-corrected chi connectivity index (χ2v) is 6.70. The molecule has 2 aromatic rings. The Morgan fingerprint density at radius 2 is 1.80 bits per heavy atom. The normalized spacial score (nSPS) is 12.7. The molecule has 0 saturated heterocycles. The lowest BCUT2D eigenvalue weighted by molar-refractivity contribution is 0.556. The van der Waals surface area contributed by atoms with Crippen LogP contribution < -0.4 is 5.56 Å². The van der Waals surface area contributed by atoms with Crippen LogP contribution >= 0.6 is 11.6 Å².